The number of benzene rings is 1. The lowest BCUT2D eigenvalue weighted by Crippen LogP contribution is -2.48. The zero-order chi connectivity index (χ0) is 15.1. The Morgan fingerprint density at radius 1 is 1.35 bits per heavy atom. The van der Waals surface area contributed by atoms with Gasteiger partial charge in [0.15, 0.2) is 0 Å². The lowest BCUT2D eigenvalue weighted by molar-refractivity contribution is -0.138. The summed E-state index contributed by atoms with van der Waals surface area (Å²) >= 11 is 0. The maximum absolute atomic E-state index is 12.9. The number of halogens is 3. The van der Waals surface area contributed by atoms with Crippen LogP contribution in [0.4, 0.5) is 13.2 Å². The van der Waals surface area contributed by atoms with Gasteiger partial charge in [0.2, 0.25) is 0 Å². The molecule has 0 bridgehead atoms. The number of aliphatic hydroxyl groups excluding tert-OH is 1. The van der Waals surface area contributed by atoms with Crippen LogP contribution in [0.15, 0.2) is 24.3 Å². The van der Waals surface area contributed by atoms with Gasteiger partial charge in [0.1, 0.15) is 0 Å². The second-order valence-corrected chi connectivity index (χ2v) is 5.46. The van der Waals surface area contributed by atoms with Crippen LogP contribution in [0.5, 0.6) is 0 Å². The molecule has 1 aromatic carbocycles. The van der Waals surface area contributed by atoms with Gasteiger partial charge in [0.25, 0.3) is 5.91 Å². The summed E-state index contributed by atoms with van der Waals surface area (Å²) in [6.45, 7) is 3.55. The highest BCUT2D eigenvalue weighted by Crippen LogP contribution is 2.35. The number of carbonyl (C=O) groups is 1. The molecule has 1 unspecified atom stereocenters. The predicted octanol–water partition coefficient (Wildman–Crippen LogP) is 2.69. The summed E-state index contributed by atoms with van der Waals surface area (Å²) in [4.78, 5) is 13.7. The second kappa shape index (κ2) is 4.77. The molecule has 0 aromatic heterocycles. The SMILES string of the molecule is CC1(C)C(O)CCN1C(=O)c1ccccc1C(F)(F)F. The van der Waals surface area contributed by atoms with E-state index in [1.165, 1.54) is 23.1 Å². The first-order chi connectivity index (χ1) is 9.15. The Hall–Kier alpha value is -1.56. The molecule has 0 radical (unpaired) electrons. The summed E-state index contributed by atoms with van der Waals surface area (Å²) in [5.74, 6) is -0.695. The number of alkyl halides is 3. The van der Waals surface area contributed by atoms with Gasteiger partial charge in [-0.15, -0.1) is 0 Å². The smallest absolute Gasteiger partial charge is 0.391 e. The van der Waals surface area contributed by atoms with Crippen molar-refractivity contribution in [1.82, 2.24) is 4.90 Å². The lowest BCUT2D eigenvalue weighted by atomic mass is 9.97. The fourth-order valence-corrected chi connectivity index (χ4v) is 2.50. The molecule has 0 aliphatic carbocycles. The molecule has 1 aromatic rings. The molecule has 1 aliphatic heterocycles. The third-order valence-electron chi connectivity index (χ3n) is 3.85. The van der Waals surface area contributed by atoms with Crippen LogP contribution >= 0.6 is 0 Å². The van der Waals surface area contributed by atoms with Crippen molar-refractivity contribution in [2.24, 2.45) is 0 Å². The Bertz CT molecular complexity index is 525. The number of hydrogen-bond donors (Lipinski definition) is 1. The molecule has 20 heavy (non-hydrogen) atoms. The Morgan fingerprint density at radius 3 is 2.45 bits per heavy atom. The Balaban J connectivity index is 2.41. The lowest BCUT2D eigenvalue weighted by Gasteiger charge is -2.34. The fraction of sp³-hybridized carbons (Fsp3) is 0.500. The summed E-state index contributed by atoms with van der Waals surface area (Å²) in [7, 11) is 0. The fourth-order valence-electron chi connectivity index (χ4n) is 2.50. The van der Waals surface area contributed by atoms with Crippen LogP contribution < -0.4 is 0 Å². The van der Waals surface area contributed by atoms with Crippen LogP contribution in [-0.2, 0) is 6.18 Å². The minimum absolute atomic E-state index is 0.249. The summed E-state index contributed by atoms with van der Waals surface area (Å²) in [5.41, 5.74) is -2.18. The van der Waals surface area contributed by atoms with E-state index < -0.39 is 29.3 Å². The summed E-state index contributed by atoms with van der Waals surface area (Å²) < 4.78 is 38.8. The van der Waals surface area contributed by atoms with Crippen LogP contribution in [0, 0.1) is 0 Å². The normalized spacial score (nSPS) is 22.1. The highest BCUT2D eigenvalue weighted by Gasteiger charge is 2.45. The zero-order valence-electron chi connectivity index (χ0n) is 11.2. The Labute approximate surface area is 115 Å². The van der Waals surface area contributed by atoms with E-state index in [1.54, 1.807) is 13.8 Å². The molecule has 0 spiro atoms. The highest BCUT2D eigenvalue weighted by atomic mass is 19.4. The van der Waals surface area contributed by atoms with Crippen molar-refractivity contribution < 1.29 is 23.1 Å². The zero-order valence-corrected chi connectivity index (χ0v) is 11.2. The molecule has 1 heterocycles. The first-order valence-electron chi connectivity index (χ1n) is 6.32. The van der Waals surface area contributed by atoms with Crippen LogP contribution in [-0.4, -0.2) is 34.1 Å². The van der Waals surface area contributed by atoms with Crippen LogP contribution in [0.3, 0.4) is 0 Å². The van der Waals surface area contributed by atoms with Crippen molar-refractivity contribution in [2.75, 3.05) is 6.54 Å². The Kier molecular flexibility index (Phi) is 3.54. The average molecular weight is 287 g/mol. The van der Waals surface area contributed by atoms with E-state index in [0.717, 1.165) is 6.07 Å². The standard InChI is InChI=1S/C14H16F3NO2/c1-13(2)11(19)7-8-18(13)12(20)9-5-3-4-6-10(9)14(15,16)17/h3-6,11,19H,7-8H2,1-2H3. The molecular weight excluding hydrogens is 271 g/mol. The Morgan fingerprint density at radius 2 is 1.95 bits per heavy atom. The number of hydrogen-bond acceptors (Lipinski definition) is 2. The molecule has 0 saturated carbocycles. The number of rotatable bonds is 1. The number of carbonyl (C=O) groups excluding carboxylic acids is 1. The third-order valence-corrected chi connectivity index (χ3v) is 3.85. The van der Waals surface area contributed by atoms with E-state index in [0.29, 0.717) is 6.42 Å². The van der Waals surface area contributed by atoms with E-state index in [1.807, 2.05) is 0 Å². The van der Waals surface area contributed by atoms with E-state index in [9.17, 15) is 23.1 Å². The largest absolute Gasteiger partial charge is 0.417 e. The van der Waals surface area contributed by atoms with Crippen molar-refractivity contribution in [3.05, 3.63) is 35.4 Å². The van der Waals surface area contributed by atoms with Gasteiger partial charge in [0, 0.05) is 6.54 Å². The highest BCUT2D eigenvalue weighted by molar-refractivity contribution is 5.96. The number of nitrogens with zero attached hydrogens (tertiary/aromatic N) is 1. The van der Waals surface area contributed by atoms with Crippen molar-refractivity contribution in [2.45, 2.75) is 38.1 Å². The molecule has 1 fully saturated rings. The molecule has 6 heteroatoms. The van der Waals surface area contributed by atoms with Crippen molar-refractivity contribution in [3.8, 4) is 0 Å². The van der Waals surface area contributed by atoms with E-state index >= 15 is 0 Å². The van der Waals surface area contributed by atoms with Gasteiger partial charge in [0.05, 0.1) is 22.8 Å². The number of likely N-dealkylation sites (tertiary alicyclic amines) is 1. The minimum Gasteiger partial charge on any atom is -0.391 e. The van der Waals surface area contributed by atoms with Crippen molar-refractivity contribution in [1.29, 1.82) is 0 Å². The molecule has 1 amide bonds. The summed E-state index contributed by atoms with van der Waals surface area (Å²) in [6.07, 6.45) is -4.94. The predicted molar refractivity (Wildman–Crippen MR) is 67.2 cm³/mol. The molecule has 1 saturated heterocycles. The molecule has 1 aliphatic rings. The van der Waals surface area contributed by atoms with Gasteiger partial charge in [-0.3, -0.25) is 4.79 Å². The van der Waals surface area contributed by atoms with Gasteiger partial charge in [-0.25, -0.2) is 0 Å². The second-order valence-electron chi connectivity index (χ2n) is 5.46. The van der Waals surface area contributed by atoms with E-state index in [-0.39, 0.29) is 12.1 Å². The van der Waals surface area contributed by atoms with Crippen molar-refractivity contribution >= 4 is 5.91 Å². The van der Waals surface area contributed by atoms with Crippen LogP contribution in [0.2, 0.25) is 0 Å². The molecule has 3 nitrogen and oxygen atoms in total. The third kappa shape index (κ3) is 2.40. The van der Waals surface area contributed by atoms with E-state index in [2.05, 4.69) is 0 Å². The molecule has 2 rings (SSSR count). The molecule has 1 atom stereocenters. The summed E-state index contributed by atoms with van der Waals surface area (Å²) in [5, 5.41) is 9.84. The quantitative estimate of drug-likeness (QED) is 0.862. The maximum atomic E-state index is 12.9. The average Bonchev–Trinajstić information content (AvgIpc) is 2.62. The van der Waals surface area contributed by atoms with Gasteiger partial charge in [-0.2, -0.15) is 13.2 Å². The molecule has 110 valence electrons. The van der Waals surface area contributed by atoms with Crippen LogP contribution in [0.1, 0.15) is 36.2 Å². The number of amides is 1. The van der Waals surface area contributed by atoms with Gasteiger partial charge >= 0.3 is 6.18 Å². The van der Waals surface area contributed by atoms with Gasteiger partial charge < -0.3 is 10.0 Å². The maximum Gasteiger partial charge on any atom is 0.417 e. The summed E-state index contributed by atoms with van der Waals surface area (Å²) in [6, 6.07) is 4.73. The van der Waals surface area contributed by atoms with Crippen LogP contribution in [0.25, 0.3) is 0 Å². The monoisotopic (exact) mass is 287 g/mol. The molecular formula is C14H16F3NO2. The topological polar surface area (TPSA) is 40.5 Å². The first-order valence-corrected chi connectivity index (χ1v) is 6.32. The molecule has 1 N–H and O–H groups in total. The minimum atomic E-state index is -4.57. The van der Waals surface area contributed by atoms with Gasteiger partial charge in [-0.1, -0.05) is 12.1 Å². The number of aliphatic hydroxyl groups is 1. The van der Waals surface area contributed by atoms with E-state index in [4.69, 9.17) is 0 Å². The van der Waals surface area contributed by atoms with Gasteiger partial charge in [-0.05, 0) is 32.4 Å². The first kappa shape index (κ1) is 14.8. The van der Waals surface area contributed by atoms with Crippen molar-refractivity contribution in [3.63, 3.8) is 0 Å².